The van der Waals surface area contributed by atoms with Crippen molar-refractivity contribution >= 4 is 16.7 Å². The van der Waals surface area contributed by atoms with Crippen LogP contribution in [0.5, 0.6) is 11.5 Å². The first kappa shape index (κ1) is 24.2. The molecule has 2 heterocycles. The zero-order valence-corrected chi connectivity index (χ0v) is 20.5. The Bertz CT molecular complexity index is 1240. The lowest BCUT2D eigenvalue weighted by atomic mass is 10.1. The molecule has 1 atom stereocenters. The molecule has 2 N–H and O–H groups in total. The summed E-state index contributed by atoms with van der Waals surface area (Å²) in [6, 6.07) is 10.6. The molecule has 0 radical (unpaired) electrons. The third-order valence-corrected chi connectivity index (χ3v) is 6.63. The molecule has 2 aliphatic rings. The molecule has 1 fully saturated rings. The molecule has 3 aromatic rings. The van der Waals surface area contributed by atoms with Gasteiger partial charge in [-0.1, -0.05) is 24.3 Å². The Balaban J connectivity index is 1.23. The van der Waals surface area contributed by atoms with E-state index in [9.17, 15) is 4.39 Å². The molecule has 1 aliphatic heterocycles. The number of halogens is 1. The van der Waals surface area contributed by atoms with Gasteiger partial charge in [-0.25, -0.2) is 14.4 Å². The van der Waals surface area contributed by atoms with Crippen LogP contribution < -0.4 is 20.1 Å². The summed E-state index contributed by atoms with van der Waals surface area (Å²) in [4.78, 5) is 11.4. The maximum absolute atomic E-state index is 13.1. The minimum Gasteiger partial charge on any atom is -0.493 e. The molecule has 1 saturated heterocycles. The number of nitrogens with zero attached hydrogens (tertiary/aromatic N) is 3. The van der Waals surface area contributed by atoms with Gasteiger partial charge >= 0.3 is 0 Å². The summed E-state index contributed by atoms with van der Waals surface area (Å²) >= 11 is 0. The fraction of sp³-hybridized carbons (Fsp3) is 0.357. The zero-order chi connectivity index (χ0) is 24.7. The van der Waals surface area contributed by atoms with Crippen molar-refractivity contribution in [2.24, 2.45) is 0 Å². The maximum atomic E-state index is 13.1. The van der Waals surface area contributed by atoms with Crippen LogP contribution >= 0.6 is 0 Å². The lowest BCUT2D eigenvalue weighted by Crippen LogP contribution is -2.27. The van der Waals surface area contributed by atoms with Gasteiger partial charge in [-0.05, 0) is 62.2 Å². The highest BCUT2D eigenvalue weighted by Crippen LogP contribution is 2.34. The first-order valence-corrected chi connectivity index (χ1v) is 12.5. The van der Waals surface area contributed by atoms with E-state index in [1.807, 2.05) is 12.1 Å². The molecule has 188 valence electrons. The van der Waals surface area contributed by atoms with Crippen LogP contribution in [-0.2, 0) is 6.54 Å². The van der Waals surface area contributed by atoms with Crippen LogP contribution in [0.3, 0.4) is 0 Å². The quantitative estimate of drug-likeness (QED) is 0.429. The van der Waals surface area contributed by atoms with E-state index in [4.69, 9.17) is 9.47 Å². The van der Waals surface area contributed by atoms with Crippen molar-refractivity contribution in [2.45, 2.75) is 31.8 Å². The van der Waals surface area contributed by atoms with E-state index in [1.54, 1.807) is 25.6 Å². The minimum atomic E-state index is -0.216. The number of hydrogen-bond acceptors (Lipinski definition) is 7. The maximum Gasteiger partial charge on any atom is 0.162 e. The Morgan fingerprint density at radius 1 is 1.08 bits per heavy atom. The van der Waals surface area contributed by atoms with E-state index in [1.165, 1.54) is 25.0 Å². The van der Waals surface area contributed by atoms with Gasteiger partial charge in [-0.2, -0.15) is 0 Å². The molecular weight excluding hydrogens is 457 g/mol. The number of fused-ring (bicyclic) bond motifs is 1. The number of rotatable bonds is 10. The van der Waals surface area contributed by atoms with E-state index < -0.39 is 0 Å². The van der Waals surface area contributed by atoms with Crippen molar-refractivity contribution in [2.75, 3.05) is 38.7 Å². The second-order valence-electron chi connectivity index (χ2n) is 9.13. The molecule has 0 bridgehead atoms. The Labute approximate surface area is 211 Å². The van der Waals surface area contributed by atoms with Gasteiger partial charge in [0.25, 0.3) is 0 Å². The van der Waals surface area contributed by atoms with Gasteiger partial charge in [0.2, 0.25) is 0 Å². The molecule has 0 saturated carbocycles. The second-order valence-corrected chi connectivity index (χ2v) is 9.13. The molecule has 2 aromatic carbocycles. The zero-order valence-electron chi connectivity index (χ0n) is 20.5. The van der Waals surface area contributed by atoms with Crippen molar-refractivity contribution in [1.82, 2.24) is 20.2 Å². The fourth-order valence-electron chi connectivity index (χ4n) is 4.58. The Morgan fingerprint density at radius 3 is 2.67 bits per heavy atom. The number of hydrogen-bond donors (Lipinski definition) is 2. The Hall–Kier alpha value is -3.49. The molecule has 7 nitrogen and oxygen atoms in total. The molecule has 1 aromatic heterocycles. The smallest absolute Gasteiger partial charge is 0.162 e. The second kappa shape index (κ2) is 11.5. The standard InChI is InChI=1S/C28H32FN5O2/c1-35-26-17-25-24(16-27(26)36-15-14-34-12-2-3-13-34)28(32-19-31-25)33-23-10-8-22(9-11-23)30-18-20-4-6-21(29)7-5-20/h4-8,10-11,16-17,19,22,30H,2-3,9,12-15,18H2,1H3,(H,31,32,33). The summed E-state index contributed by atoms with van der Waals surface area (Å²) in [7, 11) is 1.65. The number of anilines is 1. The Kier molecular flexibility index (Phi) is 7.73. The van der Waals surface area contributed by atoms with Gasteiger partial charge in [0, 0.05) is 36.3 Å². The van der Waals surface area contributed by atoms with E-state index in [0.717, 1.165) is 54.0 Å². The fourth-order valence-corrected chi connectivity index (χ4v) is 4.58. The van der Waals surface area contributed by atoms with E-state index in [-0.39, 0.29) is 11.9 Å². The number of ether oxygens (including phenoxy) is 2. The molecule has 8 heteroatoms. The van der Waals surface area contributed by atoms with Crippen LogP contribution in [0.25, 0.3) is 10.9 Å². The Morgan fingerprint density at radius 2 is 1.92 bits per heavy atom. The van der Waals surface area contributed by atoms with Gasteiger partial charge in [0.05, 0.1) is 12.6 Å². The lowest BCUT2D eigenvalue weighted by molar-refractivity contribution is 0.230. The van der Waals surface area contributed by atoms with Gasteiger partial charge in [0.1, 0.15) is 24.6 Å². The highest BCUT2D eigenvalue weighted by atomic mass is 19.1. The summed E-state index contributed by atoms with van der Waals surface area (Å²) in [5.74, 6) is 1.87. The van der Waals surface area contributed by atoms with Crippen molar-refractivity contribution in [3.8, 4) is 11.5 Å². The van der Waals surface area contributed by atoms with Gasteiger partial charge in [0.15, 0.2) is 11.5 Å². The predicted octanol–water partition coefficient (Wildman–Crippen LogP) is 4.67. The first-order valence-electron chi connectivity index (χ1n) is 12.5. The molecule has 1 aliphatic carbocycles. The van der Waals surface area contributed by atoms with Crippen molar-refractivity contribution in [3.05, 3.63) is 78.0 Å². The highest BCUT2D eigenvalue weighted by Gasteiger charge is 2.15. The number of likely N-dealkylation sites (tertiary alicyclic amines) is 1. The van der Waals surface area contributed by atoms with Crippen molar-refractivity contribution in [3.63, 3.8) is 0 Å². The SMILES string of the molecule is COc1cc2ncnc(NC3=CCC(NCc4ccc(F)cc4)C=C3)c2cc1OCCN1CCCC1. The first-order chi connectivity index (χ1) is 17.7. The monoisotopic (exact) mass is 489 g/mol. The predicted molar refractivity (Wildman–Crippen MR) is 140 cm³/mol. The summed E-state index contributed by atoms with van der Waals surface area (Å²) in [5, 5.41) is 7.80. The molecular formula is C28H32FN5O2. The number of allylic oxidation sites excluding steroid dienone is 1. The van der Waals surface area contributed by atoms with Crippen LogP contribution in [0.2, 0.25) is 0 Å². The minimum absolute atomic E-state index is 0.211. The van der Waals surface area contributed by atoms with Crippen molar-refractivity contribution < 1.29 is 13.9 Å². The summed E-state index contributed by atoms with van der Waals surface area (Å²) < 4.78 is 24.8. The van der Waals surface area contributed by atoms with Gasteiger partial charge in [-0.15, -0.1) is 0 Å². The number of benzene rings is 2. The summed E-state index contributed by atoms with van der Waals surface area (Å²) in [6.07, 6.45) is 11.2. The summed E-state index contributed by atoms with van der Waals surface area (Å²) in [6.45, 7) is 4.49. The van der Waals surface area contributed by atoms with Crippen LogP contribution in [0.1, 0.15) is 24.8 Å². The van der Waals surface area contributed by atoms with Crippen LogP contribution in [0, 0.1) is 5.82 Å². The lowest BCUT2D eigenvalue weighted by Gasteiger charge is -2.19. The van der Waals surface area contributed by atoms with Crippen molar-refractivity contribution in [1.29, 1.82) is 0 Å². The van der Waals surface area contributed by atoms with Crippen LogP contribution in [0.15, 0.2) is 66.7 Å². The topological polar surface area (TPSA) is 71.5 Å². The number of methoxy groups -OCH3 is 1. The largest absolute Gasteiger partial charge is 0.493 e. The molecule has 0 spiro atoms. The number of nitrogens with one attached hydrogen (secondary N) is 2. The molecule has 0 amide bonds. The van der Waals surface area contributed by atoms with Crippen LogP contribution in [0.4, 0.5) is 10.2 Å². The molecule has 1 unspecified atom stereocenters. The third-order valence-electron chi connectivity index (χ3n) is 6.63. The van der Waals surface area contributed by atoms with E-state index in [2.05, 4.69) is 43.7 Å². The molecule has 36 heavy (non-hydrogen) atoms. The number of aromatic nitrogens is 2. The van der Waals surface area contributed by atoms with Crippen LogP contribution in [-0.4, -0.2) is 54.3 Å². The normalized spacial score (nSPS) is 17.8. The average molecular weight is 490 g/mol. The average Bonchev–Trinajstić information content (AvgIpc) is 3.43. The highest BCUT2D eigenvalue weighted by molar-refractivity contribution is 5.92. The van der Waals surface area contributed by atoms with Gasteiger partial charge in [-0.3, -0.25) is 4.90 Å². The van der Waals surface area contributed by atoms with E-state index >= 15 is 0 Å². The summed E-state index contributed by atoms with van der Waals surface area (Å²) in [5.41, 5.74) is 2.82. The van der Waals surface area contributed by atoms with Gasteiger partial charge < -0.3 is 20.1 Å². The third kappa shape index (κ3) is 6.01. The van der Waals surface area contributed by atoms with E-state index in [0.29, 0.717) is 24.7 Å². The molecule has 5 rings (SSSR count).